The van der Waals surface area contributed by atoms with Crippen molar-refractivity contribution in [3.63, 3.8) is 0 Å². The summed E-state index contributed by atoms with van der Waals surface area (Å²) in [4.78, 5) is 22.0. The maximum atomic E-state index is 10.8. The van der Waals surface area contributed by atoms with Crippen molar-refractivity contribution >= 4 is 27.8 Å². The summed E-state index contributed by atoms with van der Waals surface area (Å²) < 4.78 is 0.806. The maximum Gasteiger partial charge on any atom is 0.271 e. The summed E-state index contributed by atoms with van der Waals surface area (Å²) in [6, 6.07) is 11.5. The van der Waals surface area contributed by atoms with Gasteiger partial charge in [0.25, 0.3) is 5.69 Å². The van der Waals surface area contributed by atoms with Crippen LogP contribution in [0.15, 0.2) is 42.5 Å². The molecule has 0 amide bonds. The predicted octanol–water partition coefficient (Wildman–Crippen LogP) is 2.73. The second-order valence-corrected chi connectivity index (χ2v) is 4.78. The number of fused-ring (bicyclic) bond motifs is 2. The van der Waals surface area contributed by atoms with Gasteiger partial charge in [0.2, 0.25) is 5.82 Å². The number of aromatic amines is 1. The number of hydrogen-bond acceptors (Lipinski definition) is 5. The molecule has 0 aliphatic rings. The van der Waals surface area contributed by atoms with Crippen molar-refractivity contribution in [2.24, 2.45) is 0 Å². The summed E-state index contributed by atoms with van der Waals surface area (Å²) in [5, 5.41) is 21.1. The van der Waals surface area contributed by atoms with Crippen molar-refractivity contribution in [3.8, 4) is 11.6 Å². The number of hydrogen-bond donors (Lipinski definition) is 2. The van der Waals surface area contributed by atoms with Crippen LogP contribution < -0.4 is 0 Å². The Morgan fingerprint density at radius 2 is 1.95 bits per heavy atom. The molecule has 0 bridgehead atoms. The van der Waals surface area contributed by atoms with Gasteiger partial charge in [0.15, 0.2) is 5.82 Å². The highest BCUT2D eigenvalue weighted by Gasteiger charge is 2.18. The Hall–Kier alpha value is -3.42. The number of nitrogens with zero attached hydrogens (tertiary/aromatic N) is 4. The number of benzene rings is 2. The molecule has 8 nitrogen and oxygen atoms in total. The van der Waals surface area contributed by atoms with Crippen LogP contribution in [0, 0.1) is 10.1 Å². The van der Waals surface area contributed by atoms with E-state index in [-0.39, 0.29) is 17.0 Å². The number of aromatic nitrogens is 4. The van der Waals surface area contributed by atoms with Crippen LogP contribution in [0.25, 0.3) is 33.7 Å². The third kappa shape index (κ3) is 1.71. The normalized spacial score (nSPS) is 11.3. The molecule has 2 aromatic heterocycles. The molecule has 0 aliphatic heterocycles. The number of nitro benzene ring substituents is 1. The van der Waals surface area contributed by atoms with Gasteiger partial charge in [-0.2, -0.15) is 4.73 Å². The predicted molar refractivity (Wildman–Crippen MR) is 78.7 cm³/mol. The Balaban J connectivity index is 1.94. The Morgan fingerprint density at radius 1 is 1.14 bits per heavy atom. The summed E-state index contributed by atoms with van der Waals surface area (Å²) in [6.07, 6.45) is 0. The number of nitro groups is 1. The van der Waals surface area contributed by atoms with E-state index in [1.807, 2.05) is 24.3 Å². The molecule has 0 spiro atoms. The van der Waals surface area contributed by atoms with E-state index >= 15 is 0 Å². The van der Waals surface area contributed by atoms with Crippen LogP contribution in [0.5, 0.6) is 0 Å². The lowest BCUT2D eigenvalue weighted by molar-refractivity contribution is -0.384. The van der Waals surface area contributed by atoms with Gasteiger partial charge in [-0.05, 0) is 18.2 Å². The molecule has 2 N–H and O–H groups in total. The van der Waals surface area contributed by atoms with Crippen LogP contribution in [0.1, 0.15) is 0 Å². The molecule has 0 fully saturated rings. The molecule has 108 valence electrons. The maximum absolute atomic E-state index is 10.8. The second-order valence-electron chi connectivity index (χ2n) is 4.78. The van der Waals surface area contributed by atoms with Gasteiger partial charge in [0.1, 0.15) is 5.52 Å². The summed E-state index contributed by atoms with van der Waals surface area (Å²) in [5.41, 5.74) is 2.15. The molecular formula is C14H9N5O3. The van der Waals surface area contributed by atoms with E-state index in [9.17, 15) is 15.3 Å². The van der Waals surface area contributed by atoms with E-state index in [2.05, 4.69) is 15.0 Å². The quantitative estimate of drug-likeness (QED) is 0.335. The van der Waals surface area contributed by atoms with Gasteiger partial charge in [-0.25, -0.2) is 9.97 Å². The standard InChI is InChI=1S/C14H9N5O3/c20-18-12-7-8(19(21)22)5-6-11(12)17-14(18)13-15-9-3-1-2-4-10(9)16-13/h1-7,20H,(H,15,16). The zero-order chi connectivity index (χ0) is 15.3. The number of H-pyrrole nitrogens is 1. The van der Waals surface area contributed by atoms with Crippen LogP contribution in [-0.4, -0.2) is 29.8 Å². The topological polar surface area (TPSA) is 110 Å². The van der Waals surface area contributed by atoms with Gasteiger partial charge in [-0.15, -0.1) is 0 Å². The number of non-ortho nitro benzene ring substituents is 1. The SMILES string of the molecule is O=[N+]([O-])c1ccc2nc(-c3nc4ccccc4[nH]3)n(O)c2c1. The summed E-state index contributed by atoms with van der Waals surface area (Å²) in [7, 11) is 0. The van der Waals surface area contributed by atoms with E-state index < -0.39 is 4.92 Å². The van der Waals surface area contributed by atoms with E-state index in [1.165, 1.54) is 18.2 Å². The molecule has 8 heteroatoms. The van der Waals surface area contributed by atoms with Gasteiger partial charge >= 0.3 is 0 Å². The fourth-order valence-electron chi connectivity index (χ4n) is 2.38. The molecule has 4 aromatic rings. The van der Waals surface area contributed by atoms with E-state index in [0.717, 1.165) is 15.8 Å². The zero-order valence-electron chi connectivity index (χ0n) is 11.1. The minimum atomic E-state index is -0.521. The number of nitrogens with one attached hydrogen (secondary N) is 1. The average Bonchev–Trinajstić information content (AvgIpc) is 3.08. The molecule has 0 aliphatic carbocycles. The van der Waals surface area contributed by atoms with Gasteiger partial charge in [0, 0.05) is 12.1 Å². The summed E-state index contributed by atoms with van der Waals surface area (Å²) >= 11 is 0. The Labute approximate surface area is 122 Å². The fraction of sp³-hybridized carbons (Fsp3) is 0. The van der Waals surface area contributed by atoms with E-state index in [4.69, 9.17) is 0 Å². The number of rotatable bonds is 2. The molecule has 0 radical (unpaired) electrons. The number of para-hydroxylation sites is 2. The molecule has 2 heterocycles. The van der Waals surface area contributed by atoms with E-state index in [0.29, 0.717) is 11.3 Å². The Morgan fingerprint density at radius 3 is 2.73 bits per heavy atom. The third-order valence-corrected chi connectivity index (χ3v) is 3.43. The van der Waals surface area contributed by atoms with Crippen LogP contribution in [0.4, 0.5) is 5.69 Å². The Kier molecular flexibility index (Phi) is 2.40. The van der Waals surface area contributed by atoms with Crippen molar-refractivity contribution < 1.29 is 10.1 Å². The van der Waals surface area contributed by atoms with Crippen molar-refractivity contribution in [2.45, 2.75) is 0 Å². The van der Waals surface area contributed by atoms with Gasteiger partial charge in [-0.3, -0.25) is 10.1 Å². The first kappa shape index (κ1) is 12.3. The zero-order valence-corrected chi connectivity index (χ0v) is 11.1. The summed E-state index contributed by atoms with van der Waals surface area (Å²) in [6.45, 7) is 0. The minimum absolute atomic E-state index is 0.112. The van der Waals surface area contributed by atoms with Crippen LogP contribution in [0.2, 0.25) is 0 Å². The van der Waals surface area contributed by atoms with Crippen LogP contribution >= 0.6 is 0 Å². The van der Waals surface area contributed by atoms with Crippen molar-refractivity contribution in [3.05, 3.63) is 52.6 Å². The highest BCUT2D eigenvalue weighted by Crippen LogP contribution is 2.26. The number of imidazole rings is 2. The molecule has 2 aromatic carbocycles. The highest BCUT2D eigenvalue weighted by molar-refractivity contribution is 5.83. The van der Waals surface area contributed by atoms with Gasteiger partial charge in [-0.1, -0.05) is 12.1 Å². The molecule has 22 heavy (non-hydrogen) atoms. The first-order valence-electron chi connectivity index (χ1n) is 6.45. The average molecular weight is 295 g/mol. The fourth-order valence-corrected chi connectivity index (χ4v) is 2.38. The lowest BCUT2D eigenvalue weighted by atomic mass is 10.3. The monoisotopic (exact) mass is 295 g/mol. The lowest BCUT2D eigenvalue weighted by Gasteiger charge is -1.97. The third-order valence-electron chi connectivity index (χ3n) is 3.43. The Bertz CT molecular complexity index is 1000. The van der Waals surface area contributed by atoms with Crippen molar-refractivity contribution in [2.75, 3.05) is 0 Å². The lowest BCUT2D eigenvalue weighted by Crippen LogP contribution is -1.96. The molecule has 0 atom stereocenters. The summed E-state index contributed by atoms with van der Waals surface area (Å²) in [5.74, 6) is 0.592. The van der Waals surface area contributed by atoms with Crippen molar-refractivity contribution in [1.29, 1.82) is 0 Å². The highest BCUT2D eigenvalue weighted by atomic mass is 16.6. The molecule has 4 rings (SSSR count). The second kappa shape index (κ2) is 4.29. The van der Waals surface area contributed by atoms with Crippen LogP contribution in [0.3, 0.4) is 0 Å². The van der Waals surface area contributed by atoms with Crippen molar-refractivity contribution in [1.82, 2.24) is 19.7 Å². The first-order valence-corrected chi connectivity index (χ1v) is 6.45. The molecule has 0 unspecified atom stereocenters. The molecular weight excluding hydrogens is 286 g/mol. The molecule has 0 saturated carbocycles. The first-order chi connectivity index (χ1) is 10.6. The minimum Gasteiger partial charge on any atom is -0.426 e. The smallest absolute Gasteiger partial charge is 0.271 e. The van der Waals surface area contributed by atoms with E-state index in [1.54, 1.807) is 0 Å². The van der Waals surface area contributed by atoms with Crippen LogP contribution in [-0.2, 0) is 0 Å². The van der Waals surface area contributed by atoms with Gasteiger partial charge < -0.3 is 10.2 Å². The molecule has 0 saturated heterocycles. The largest absolute Gasteiger partial charge is 0.426 e. The van der Waals surface area contributed by atoms with Gasteiger partial charge in [0.05, 0.1) is 21.5 Å².